The number of aliphatic carboxylic acids is 1. The molecule has 4 nitrogen and oxygen atoms in total. The van der Waals surface area contributed by atoms with Gasteiger partial charge in [-0.1, -0.05) is 47.5 Å². The SMILES string of the molecule is COCc1cn(Cc2ccc(Cl)cc2Cl)c2c(C=CC(=O)O)cccc12. The Balaban J connectivity index is 2.14. The van der Waals surface area contributed by atoms with Gasteiger partial charge in [0.15, 0.2) is 0 Å². The standard InChI is InChI=1S/C20H17Cl2NO3/c1-26-12-15-11-23(10-14-5-7-16(21)9-18(14)22)20-13(6-8-19(24)25)3-2-4-17(15)20/h2-9,11H,10,12H2,1H3,(H,24,25). The molecular weight excluding hydrogens is 373 g/mol. The van der Waals surface area contributed by atoms with Gasteiger partial charge in [0.1, 0.15) is 0 Å². The van der Waals surface area contributed by atoms with Gasteiger partial charge < -0.3 is 14.4 Å². The molecule has 0 bridgehead atoms. The Labute approximate surface area is 161 Å². The molecular formula is C20H17Cl2NO3. The van der Waals surface area contributed by atoms with Crippen molar-refractivity contribution in [1.82, 2.24) is 4.57 Å². The molecule has 6 heteroatoms. The molecule has 0 saturated carbocycles. The molecule has 0 radical (unpaired) electrons. The number of carbonyl (C=O) groups is 1. The molecule has 1 aromatic heterocycles. The van der Waals surface area contributed by atoms with Gasteiger partial charge in [0.25, 0.3) is 0 Å². The van der Waals surface area contributed by atoms with Crippen LogP contribution in [0.2, 0.25) is 10.0 Å². The molecule has 2 aromatic carbocycles. The van der Waals surface area contributed by atoms with Crippen LogP contribution >= 0.6 is 23.2 Å². The van der Waals surface area contributed by atoms with E-state index < -0.39 is 5.97 Å². The molecule has 1 heterocycles. The van der Waals surface area contributed by atoms with Gasteiger partial charge in [-0.2, -0.15) is 0 Å². The molecule has 0 aliphatic carbocycles. The van der Waals surface area contributed by atoms with E-state index in [1.54, 1.807) is 25.3 Å². The molecule has 3 aromatic rings. The number of para-hydroxylation sites is 1. The molecule has 26 heavy (non-hydrogen) atoms. The molecule has 0 amide bonds. The summed E-state index contributed by atoms with van der Waals surface area (Å²) in [5.41, 5.74) is 3.70. The van der Waals surface area contributed by atoms with Crippen LogP contribution in [0.25, 0.3) is 17.0 Å². The minimum Gasteiger partial charge on any atom is -0.478 e. The fourth-order valence-corrected chi connectivity index (χ4v) is 3.46. The first-order chi connectivity index (χ1) is 12.5. The van der Waals surface area contributed by atoms with Crippen LogP contribution in [0.4, 0.5) is 0 Å². The van der Waals surface area contributed by atoms with E-state index in [1.165, 1.54) is 0 Å². The molecule has 0 saturated heterocycles. The first-order valence-corrected chi connectivity index (χ1v) is 8.70. The number of rotatable bonds is 6. The quantitative estimate of drug-likeness (QED) is 0.586. The number of carboxylic acids is 1. The molecule has 0 unspecified atom stereocenters. The zero-order valence-electron chi connectivity index (χ0n) is 14.1. The predicted octanol–water partition coefficient (Wildman–Crippen LogP) is 5.24. The van der Waals surface area contributed by atoms with Crippen LogP contribution in [0.3, 0.4) is 0 Å². The maximum absolute atomic E-state index is 10.9. The molecule has 3 rings (SSSR count). The summed E-state index contributed by atoms with van der Waals surface area (Å²) in [6.45, 7) is 0.998. The topological polar surface area (TPSA) is 51.5 Å². The highest BCUT2D eigenvalue weighted by Gasteiger charge is 2.13. The van der Waals surface area contributed by atoms with E-state index in [0.717, 1.165) is 33.7 Å². The van der Waals surface area contributed by atoms with Gasteiger partial charge in [-0.25, -0.2) is 4.79 Å². The fourth-order valence-electron chi connectivity index (χ4n) is 2.99. The zero-order valence-corrected chi connectivity index (χ0v) is 15.6. The van der Waals surface area contributed by atoms with Crippen molar-refractivity contribution in [3.8, 4) is 0 Å². The van der Waals surface area contributed by atoms with Crippen LogP contribution in [0.5, 0.6) is 0 Å². The van der Waals surface area contributed by atoms with E-state index in [1.807, 2.05) is 30.5 Å². The maximum atomic E-state index is 10.9. The van der Waals surface area contributed by atoms with E-state index in [9.17, 15) is 4.79 Å². The molecule has 0 spiro atoms. The molecule has 0 fully saturated rings. The second kappa shape index (κ2) is 7.96. The van der Waals surface area contributed by atoms with Crippen molar-refractivity contribution < 1.29 is 14.6 Å². The number of fused-ring (bicyclic) bond motifs is 1. The van der Waals surface area contributed by atoms with Gasteiger partial charge in [-0.05, 0) is 29.3 Å². The largest absolute Gasteiger partial charge is 0.478 e. The minimum absolute atomic E-state index is 0.462. The Morgan fingerprint density at radius 1 is 1.23 bits per heavy atom. The lowest BCUT2D eigenvalue weighted by molar-refractivity contribution is -0.131. The first kappa shape index (κ1) is 18.5. The number of aromatic nitrogens is 1. The highest BCUT2D eigenvalue weighted by molar-refractivity contribution is 6.35. The van der Waals surface area contributed by atoms with Crippen LogP contribution < -0.4 is 0 Å². The summed E-state index contributed by atoms with van der Waals surface area (Å²) in [5.74, 6) is -0.988. The first-order valence-electron chi connectivity index (χ1n) is 7.94. The zero-order chi connectivity index (χ0) is 18.7. The third-order valence-electron chi connectivity index (χ3n) is 4.07. The second-order valence-corrected chi connectivity index (χ2v) is 6.71. The van der Waals surface area contributed by atoms with Gasteiger partial charge in [0.2, 0.25) is 0 Å². The number of hydrogen-bond donors (Lipinski definition) is 1. The number of benzene rings is 2. The van der Waals surface area contributed by atoms with Gasteiger partial charge in [-0.3, -0.25) is 0 Å². The van der Waals surface area contributed by atoms with Crippen molar-refractivity contribution in [1.29, 1.82) is 0 Å². The number of ether oxygens (including phenoxy) is 1. The monoisotopic (exact) mass is 389 g/mol. The van der Waals surface area contributed by atoms with Crippen LogP contribution in [-0.2, 0) is 22.7 Å². The number of hydrogen-bond acceptors (Lipinski definition) is 2. The number of methoxy groups -OCH3 is 1. The van der Waals surface area contributed by atoms with E-state index in [2.05, 4.69) is 4.57 Å². The van der Waals surface area contributed by atoms with Gasteiger partial charge >= 0.3 is 5.97 Å². The Morgan fingerprint density at radius 3 is 2.73 bits per heavy atom. The van der Waals surface area contributed by atoms with Crippen molar-refractivity contribution >= 4 is 46.2 Å². The van der Waals surface area contributed by atoms with Crippen molar-refractivity contribution in [2.75, 3.05) is 7.11 Å². The smallest absolute Gasteiger partial charge is 0.328 e. The van der Waals surface area contributed by atoms with Crippen LogP contribution in [-0.4, -0.2) is 22.8 Å². The highest BCUT2D eigenvalue weighted by atomic mass is 35.5. The average Bonchev–Trinajstić information content (AvgIpc) is 2.94. The lowest BCUT2D eigenvalue weighted by atomic mass is 10.1. The summed E-state index contributed by atoms with van der Waals surface area (Å²) in [4.78, 5) is 10.9. The summed E-state index contributed by atoms with van der Waals surface area (Å²) in [5, 5.41) is 11.2. The molecule has 0 aliphatic rings. The second-order valence-electron chi connectivity index (χ2n) is 5.87. The number of carboxylic acid groups (broad SMARTS) is 1. The van der Waals surface area contributed by atoms with Gasteiger partial charge in [0.05, 0.1) is 12.1 Å². The lowest BCUT2D eigenvalue weighted by Gasteiger charge is -2.10. The van der Waals surface area contributed by atoms with E-state index >= 15 is 0 Å². The molecule has 134 valence electrons. The van der Waals surface area contributed by atoms with Crippen molar-refractivity contribution in [3.63, 3.8) is 0 Å². The summed E-state index contributed by atoms with van der Waals surface area (Å²) in [6, 6.07) is 11.2. The molecule has 1 N–H and O–H groups in total. The predicted molar refractivity (Wildman–Crippen MR) is 105 cm³/mol. The number of nitrogens with zero attached hydrogens (tertiary/aromatic N) is 1. The van der Waals surface area contributed by atoms with Gasteiger partial charge in [0, 0.05) is 46.9 Å². The van der Waals surface area contributed by atoms with E-state index in [4.69, 9.17) is 33.0 Å². The van der Waals surface area contributed by atoms with Crippen LogP contribution in [0.1, 0.15) is 16.7 Å². The minimum atomic E-state index is -0.988. The third-order valence-corrected chi connectivity index (χ3v) is 4.66. The van der Waals surface area contributed by atoms with Gasteiger partial charge in [-0.15, -0.1) is 0 Å². The van der Waals surface area contributed by atoms with E-state index in [0.29, 0.717) is 23.2 Å². The van der Waals surface area contributed by atoms with Crippen molar-refractivity contribution in [2.45, 2.75) is 13.2 Å². The Hall–Kier alpha value is -2.27. The summed E-state index contributed by atoms with van der Waals surface area (Å²) in [7, 11) is 1.65. The van der Waals surface area contributed by atoms with Crippen molar-refractivity contribution in [3.05, 3.63) is 75.4 Å². The van der Waals surface area contributed by atoms with Crippen LogP contribution in [0, 0.1) is 0 Å². The normalized spacial score (nSPS) is 11.5. The average molecular weight is 390 g/mol. The lowest BCUT2D eigenvalue weighted by Crippen LogP contribution is -2.00. The Kier molecular flexibility index (Phi) is 5.67. The third kappa shape index (κ3) is 3.93. The van der Waals surface area contributed by atoms with E-state index in [-0.39, 0.29) is 0 Å². The highest BCUT2D eigenvalue weighted by Crippen LogP contribution is 2.29. The maximum Gasteiger partial charge on any atom is 0.328 e. The van der Waals surface area contributed by atoms with Crippen LogP contribution in [0.15, 0.2) is 48.7 Å². The summed E-state index contributed by atoms with van der Waals surface area (Å²) >= 11 is 12.3. The molecule has 0 aliphatic heterocycles. The molecule has 0 atom stereocenters. The number of halogens is 2. The summed E-state index contributed by atoms with van der Waals surface area (Å²) in [6.07, 6.45) is 4.75. The fraction of sp³-hybridized carbons (Fsp3) is 0.150. The van der Waals surface area contributed by atoms with Crippen molar-refractivity contribution in [2.24, 2.45) is 0 Å². The Morgan fingerprint density at radius 2 is 2.04 bits per heavy atom. The summed E-state index contributed by atoms with van der Waals surface area (Å²) < 4.78 is 7.36. The Bertz CT molecular complexity index is 992.